The molecule has 1 N–H and O–H groups in total. The van der Waals surface area contributed by atoms with Gasteiger partial charge in [0.2, 0.25) is 11.8 Å². The molecule has 0 aliphatic rings. The minimum Gasteiger partial charge on any atom is -0.355 e. The highest BCUT2D eigenvalue weighted by Crippen LogP contribution is 2.16. The summed E-state index contributed by atoms with van der Waals surface area (Å²) in [5.74, 6) is -0.237. The van der Waals surface area contributed by atoms with E-state index in [0.29, 0.717) is 18.1 Å². The standard InChI is InChI=1S/C14H19ClN2O2/c1-3-16-13(18)10-17(4-2)14(19)9-11-7-5-6-8-12(11)15/h5-8H,3-4,9-10H2,1-2H3,(H,16,18). The Morgan fingerprint density at radius 2 is 1.95 bits per heavy atom. The molecule has 0 saturated carbocycles. The van der Waals surface area contributed by atoms with Crippen LogP contribution in [0.5, 0.6) is 0 Å². The predicted octanol–water partition coefficient (Wildman–Crippen LogP) is 1.87. The van der Waals surface area contributed by atoms with E-state index in [1.807, 2.05) is 32.0 Å². The van der Waals surface area contributed by atoms with Gasteiger partial charge in [-0.15, -0.1) is 0 Å². The van der Waals surface area contributed by atoms with Crippen LogP contribution in [0.2, 0.25) is 5.02 Å². The molecular weight excluding hydrogens is 264 g/mol. The van der Waals surface area contributed by atoms with Crippen LogP contribution in [0, 0.1) is 0 Å². The van der Waals surface area contributed by atoms with E-state index in [1.165, 1.54) is 4.90 Å². The van der Waals surface area contributed by atoms with Crippen molar-refractivity contribution in [1.29, 1.82) is 0 Å². The van der Waals surface area contributed by atoms with Crippen LogP contribution in [0.25, 0.3) is 0 Å². The first-order valence-electron chi connectivity index (χ1n) is 6.36. The Morgan fingerprint density at radius 1 is 1.26 bits per heavy atom. The number of amides is 2. The molecule has 0 aliphatic heterocycles. The lowest BCUT2D eigenvalue weighted by Crippen LogP contribution is -2.41. The maximum absolute atomic E-state index is 12.1. The normalized spacial score (nSPS) is 10.1. The summed E-state index contributed by atoms with van der Waals surface area (Å²) in [5, 5.41) is 3.26. The third-order valence-electron chi connectivity index (χ3n) is 2.74. The first-order chi connectivity index (χ1) is 9.08. The Labute approximate surface area is 118 Å². The molecule has 0 atom stereocenters. The average molecular weight is 283 g/mol. The van der Waals surface area contributed by atoms with Gasteiger partial charge in [-0.1, -0.05) is 29.8 Å². The van der Waals surface area contributed by atoms with Crippen LogP contribution in [0.4, 0.5) is 0 Å². The quantitative estimate of drug-likeness (QED) is 0.866. The van der Waals surface area contributed by atoms with Crippen molar-refractivity contribution < 1.29 is 9.59 Å². The molecule has 1 aromatic carbocycles. The largest absolute Gasteiger partial charge is 0.355 e. The van der Waals surface area contributed by atoms with Crippen molar-refractivity contribution in [1.82, 2.24) is 10.2 Å². The van der Waals surface area contributed by atoms with Crippen molar-refractivity contribution in [2.75, 3.05) is 19.6 Å². The Hall–Kier alpha value is -1.55. The molecule has 0 radical (unpaired) electrons. The number of likely N-dealkylation sites (N-methyl/N-ethyl adjacent to an activating group) is 2. The van der Waals surface area contributed by atoms with E-state index in [1.54, 1.807) is 6.07 Å². The van der Waals surface area contributed by atoms with Gasteiger partial charge in [-0.05, 0) is 25.5 Å². The molecule has 104 valence electrons. The Bertz CT molecular complexity index is 449. The number of benzene rings is 1. The third-order valence-corrected chi connectivity index (χ3v) is 3.11. The topological polar surface area (TPSA) is 49.4 Å². The molecule has 0 spiro atoms. The van der Waals surface area contributed by atoms with Gasteiger partial charge in [0.15, 0.2) is 0 Å². The van der Waals surface area contributed by atoms with Crippen molar-refractivity contribution in [2.24, 2.45) is 0 Å². The molecular formula is C14H19ClN2O2. The molecule has 0 aliphatic carbocycles. The van der Waals surface area contributed by atoms with E-state index in [-0.39, 0.29) is 24.8 Å². The SMILES string of the molecule is CCNC(=O)CN(CC)C(=O)Cc1ccccc1Cl. The highest BCUT2D eigenvalue weighted by Gasteiger charge is 2.16. The molecule has 0 fully saturated rings. The van der Waals surface area contributed by atoms with E-state index in [2.05, 4.69) is 5.32 Å². The van der Waals surface area contributed by atoms with Gasteiger partial charge in [0.25, 0.3) is 0 Å². The van der Waals surface area contributed by atoms with Gasteiger partial charge in [0.05, 0.1) is 13.0 Å². The summed E-state index contributed by atoms with van der Waals surface area (Å²) in [6.45, 7) is 4.85. The van der Waals surface area contributed by atoms with Gasteiger partial charge in [0, 0.05) is 18.1 Å². The first-order valence-corrected chi connectivity index (χ1v) is 6.74. The van der Waals surface area contributed by atoms with Crippen LogP contribution < -0.4 is 5.32 Å². The second kappa shape index (κ2) is 7.79. The van der Waals surface area contributed by atoms with E-state index in [4.69, 9.17) is 11.6 Å². The molecule has 2 amide bonds. The van der Waals surface area contributed by atoms with Gasteiger partial charge in [0.1, 0.15) is 0 Å². The second-order valence-corrected chi connectivity index (χ2v) is 4.54. The number of rotatable bonds is 6. The van der Waals surface area contributed by atoms with Crippen LogP contribution in [-0.4, -0.2) is 36.3 Å². The summed E-state index contributed by atoms with van der Waals surface area (Å²) in [6.07, 6.45) is 0.215. The van der Waals surface area contributed by atoms with Gasteiger partial charge in [-0.3, -0.25) is 9.59 Å². The van der Waals surface area contributed by atoms with Gasteiger partial charge in [-0.2, -0.15) is 0 Å². The minimum atomic E-state index is -0.142. The van der Waals surface area contributed by atoms with Gasteiger partial charge in [-0.25, -0.2) is 0 Å². The fourth-order valence-electron chi connectivity index (χ4n) is 1.72. The van der Waals surface area contributed by atoms with Crippen LogP contribution in [0.1, 0.15) is 19.4 Å². The average Bonchev–Trinajstić information content (AvgIpc) is 2.39. The first kappa shape index (κ1) is 15.5. The molecule has 1 rings (SSSR count). The zero-order chi connectivity index (χ0) is 14.3. The molecule has 1 aromatic rings. The number of nitrogens with zero attached hydrogens (tertiary/aromatic N) is 1. The Morgan fingerprint density at radius 3 is 2.53 bits per heavy atom. The van der Waals surface area contributed by atoms with Crippen LogP contribution >= 0.6 is 11.6 Å². The lowest BCUT2D eigenvalue weighted by Gasteiger charge is -2.20. The molecule has 0 bridgehead atoms. The molecule has 0 saturated heterocycles. The van der Waals surface area contributed by atoms with E-state index in [9.17, 15) is 9.59 Å². The number of carbonyl (C=O) groups is 2. The zero-order valence-corrected chi connectivity index (χ0v) is 12.0. The summed E-state index contributed by atoms with van der Waals surface area (Å²) >= 11 is 6.02. The molecule has 0 heterocycles. The molecule has 5 heteroatoms. The lowest BCUT2D eigenvalue weighted by molar-refractivity contribution is -0.135. The number of carbonyl (C=O) groups excluding carboxylic acids is 2. The lowest BCUT2D eigenvalue weighted by atomic mass is 10.1. The van der Waals surface area contributed by atoms with Crippen molar-refractivity contribution in [2.45, 2.75) is 20.3 Å². The minimum absolute atomic E-state index is 0.0909. The number of nitrogens with one attached hydrogen (secondary N) is 1. The Balaban J connectivity index is 2.64. The van der Waals surface area contributed by atoms with Crippen LogP contribution in [-0.2, 0) is 16.0 Å². The van der Waals surface area contributed by atoms with Crippen LogP contribution in [0.3, 0.4) is 0 Å². The smallest absolute Gasteiger partial charge is 0.239 e. The van der Waals surface area contributed by atoms with Crippen molar-refractivity contribution in [3.63, 3.8) is 0 Å². The maximum Gasteiger partial charge on any atom is 0.239 e. The monoisotopic (exact) mass is 282 g/mol. The van der Waals surface area contributed by atoms with Gasteiger partial charge < -0.3 is 10.2 Å². The highest BCUT2D eigenvalue weighted by atomic mass is 35.5. The number of hydrogen-bond acceptors (Lipinski definition) is 2. The van der Waals surface area contributed by atoms with Gasteiger partial charge >= 0.3 is 0 Å². The summed E-state index contributed by atoms with van der Waals surface area (Å²) in [7, 11) is 0. The van der Waals surface area contributed by atoms with E-state index >= 15 is 0 Å². The second-order valence-electron chi connectivity index (χ2n) is 4.13. The predicted molar refractivity (Wildman–Crippen MR) is 76.1 cm³/mol. The maximum atomic E-state index is 12.1. The molecule has 0 unspecified atom stereocenters. The Kier molecular flexibility index (Phi) is 6.36. The zero-order valence-electron chi connectivity index (χ0n) is 11.3. The van der Waals surface area contributed by atoms with E-state index in [0.717, 1.165) is 5.56 Å². The van der Waals surface area contributed by atoms with Crippen molar-refractivity contribution in [3.05, 3.63) is 34.9 Å². The van der Waals surface area contributed by atoms with Crippen molar-refractivity contribution in [3.8, 4) is 0 Å². The molecule has 4 nitrogen and oxygen atoms in total. The fourth-order valence-corrected chi connectivity index (χ4v) is 1.92. The molecule has 0 aromatic heterocycles. The summed E-state index contributed by atoms with van der Waals surface area (Å²) in [6, 6.07) is 7.24. The summed E-state index contributed by atoms with van der Waals surface area (Å²) < 4.78 is 0. The fraction of sp³-hybridized carbons (Fsp3) is 0.429. The van der Waals surface area contributed by atoms with E-state index < -0.39 is 0 Å². The summed E-state index contributed by atoms with van der Waals surface area (Å²) in [5.41, 5.74) is 0.781. The van der Waals surface area contributed by atoms with Crippen molar-refractivity contribution >= 4 is 23.4 Å². The number of hydrogen-bond donors (Lipinski definition) is 1. The van der Waals surface area contributed by atoms with Crippen LogP contribution in [0.15, 0.2) is 24.3 Å². The number of halogens is 1. The molecule has 19 heavy (non-hydrogen) atoms. The third kappa shape index (κ3) is 4.91. The summed E-state index contributed by atoms with van der Waals surface area (Å²) in [4.78, 5) is 25.2. The highest BCUT2D eigenvalue weighted by molar-refractivity contribution is 6.31.